The highest BCUT2D eigenvalue weighted by atomic mass is 79.9. The first-order chi connectivity index (χ1) is 9.70. The van der Waals surface area contributed by atoms with Gasteiger partial charge in [0.2, 0.25) is 0 Å². The fourth-order valence-corrected chi connectivity index (χ4v) is 2.81. The van der Waals surface area contributed by atoms with Gasteiger partial charge in [0.15, 0.2) is 4.60 Å². The summed E-state index contributed by atoms with van der Waals surface area (Å²) in [6, 6.07) is 9.78. The third-order valence-corrected chi connectivity index (χ3v) is 3.79. The second kappa shape index (κ2) is 5.28. The number of fused-ring (bicyclic) bond motifs is 1. The predicted molar refractivity (Wildman–Crippen MR) is 79.6 cm³/mol. The lowest BCUT2D eigenvalue weighted by Crippen LogP contribution is -2.30. The summed E-state index contributed by atoms with van der Waals surface area (Å²) in [6.07, 6.45) is 1.78. The van der Waals surface area contributed by atoms with Gasteiger partial charge in [-0.05, 0) is 39.7 Å². The molecule has 2 aromatic heterocycles. The largest absolute Gasteiger partial charge is 0.271 e. The van der Waals surface area contributed by atoms with E-state index in [9.17, 15) is 0 Å². The summed E-state index contributed by atoms with van der Waals surface area (Å²) in [5.41, 5.74) is 5.67. The van der Waals surface area contributed by atoms with Gasteiger partial charge >= 0.3 is 0 Å². The lowest BCUT2D eigenvalue weighted by atomic mass is 10.0. The Morgan fingerprint density at radius 1 is 1.35 bits per heavy atom. The number of rotatable bonds is 3. The molecule has 20 heavy (non-hydrogen) atoms. The van der Waals surface area contributed by atoms with Crippen LogP contribution in [0.2, 0.25) is 0 Å². The Hall–Kier alpha value is -1.83. The van der Waals surface area contributed by atoms with Gasteiger partial charge in [0.25, 0.3) is 0 Å². The van der Waals surface area contributed by atoms with Crippen LogP contribution in [0.15, 0.2) is 41.1 Å². The lowest BCUT2D eigenvalue weighted by Gasteiger charge is -2.17. The third kappa shape index (κ3) is 2.20. The predicted octanol–water partition coefficient (Wildman–Crippen LogP) is 1.68. The first-order valence-corrected chi connectivity index (χ1v) is 6.86. The van der Waals surface area contributed by atoms with Gasteiger partial charge in [-0.1, -0.05) is 17.3 Å². The van der Waals surface area contributed by atoms with E-state index in [4.69, 9.17) is 5.84 Å². The van der Waals surface area contributed by atoms with E-state index in [0.717, 1.165) is 22.2 Å². The van der Waals surface area contributed by atoms with Crippen molar-refractivity contribution in [3.63, 3.8) is 0 Å². The van der Waals surface area contributed by atoms with Gasteiger partial charge < -0.3 is 0 Å². The highest BCUT2D eigenvalue weighted by Gasteiger charge is 2.21. The maximum atomic E-state index is 5.72. The summed E-state index contributed by atoms with van der Waals surface area (Å²) in [6.45, 7) is 0. The Morgan fingerprint density at radius 2 is 2.20 bits per heavy atom. The number of hydrazine groups is 1. The maximum absolute atomic E-state index is 5.72. The van der Waals surface area contributed by atoms with Gasteiger partial charge in [-0.25, -0.2) is 10.1 Å². The van der Waals surface area contributed by atoms with E-state index in [1.807, 2.05) is 31.3 Å². The quantitative estimate of drug-likeness (QED) is 0.563. The van der Waals surface area contributed by atoms with Crippen LogP contribution in [-0.4, -0.2) is 20.0 Å². The minimum Gasteiger partial charge on any atom is -0.271 e. The molecule has 1 atom stereocenters. The average molecular weight is 333 g/mol. The molecule has 1 aromatic carbocycles. The van der Waals surface area contributed by atoms with Crippen molar-refractivity contribution in [2.45, 2.75) is 6.04 Å². The summed E-state index contributed by atoms with van der Waals surface area (Å²) < 4.78 is 2.37. The Morgan fingerprint density at radius 3 is 2.90 bits per heavy atom. The second-order valence-electron chi connectivity index (χ2n) is 4.44. The van der Waals surface area contributed by atoms with Gasteiger partial charge in [0, 0.05) is 18.6 Å². The van der Waals surface area contributed by atoms with Gasteiger partial charge in [0.05, 0.1) is 17.3 Å². The molecular formula is C13H13BrN6. The molecule has 0 saturated carbocycles. The SMILES string of the molecule is Cn1nnc(Br)c1C(NN)c1ccc2ncccc2c1. The fourth-order valence-electron chi connectivity index (χ4n) is 2.25. The molecule has 7 heteroatoms. The molecule has 0 aliphatic carbocycles. The first kappa shape index (κ1) is 13.2. The third-order valence-electron chi connectivity index (χ3n) is 3.23. The van der Waals surface area contributed by atoms with Crippen LogP contribution in [0, 0.1) is 0 Å². The number of halogens is 1. The molecule has 2 heterocycles. The minimum absolute atomic E-state index is 0.200. The molecule has 1 unspecified atom stereocenters. The summed E-state index contributed by atoms with van der Waals surface area (Å²) in [5.74, 6) is 5.72. The number of nitrogens with two attached hydrogens (primary N) is 1. The fraction of sp³-hybridized carbons (Fsp3) is 0.154. The van der Waals surface area contributed by atoms with E-state index >= 15 is 0 Å². The zero-order valence-corrected chi connectivity index (χ0v) is 12.4. The van der Waals surface area contributed by atoms with Crippen LogP contribution < -0.4 is 11.3 Å². The van der Waals surface area contributed by atoms with Crippen LogP contribution in [0.3, 0.4) is 0 Å². The summed E-state index contributed by atoms with van der Waals surface area (Å²) in [7, 11) is 1.83. The average Bonchev–Trinajstić information content (AvgIpc) is 2.80. The topological polar surface area (TPSA) is 81.7 Å². The van der Waals surface area contributed by atoms with Crippen molar-refractivity contribution in [2.24, 2.45) is 12.9 Å². The molecule has 0 fully saturated rings. The van der Waals surface area contributed by atoms with E-state index in [0.29, 0.717) is 4.60 Å². The Kier molecular flexibility index (Phi) is 3.47. The Bertz CT molecular complexity index is 734. The molecule has 0 radical (unpaired) electrons. The lowest BCUT2D eigenvalue weighted by molar-refractivity contribution is 0.569. The van der Waals surface area contributed by atoms with Crippen LogP contribution in [0.4, 0.5) is 0 Å². The summed E-state index contributed by atoms with van der Waals surface area (Å²) >= 11 is 3.40. The van der Waals surface area contributed by atoms with Crippen molar-refractivity contribution in [3.8, 4) is 0 Å². The zero-order chi connectivity index (χ0) is 14.1. The highest BCUT2D eigenvalue weighted by molar-refractivity contribution is 9.10. The van der Waals surface area contributed by atoms with Crippen LogP contribution in [0.25, 0.3) is 10.9 Å². The van der Waals surface area contributed by atoms with E-state index in [1.54, 1.807) is 10.9 Å². The molecule has 3 N–H and O–H groups in total. The normalized spacial score (nSPS) is 12.8. The Balaban J connectivity index is 2.12. The molecule has 3 rings (SSSR count). The highest BCUT2D eigenvalue weighted by Crippen LogP contribution is 2.27. The molecule has 0 bridgehead atoms. The number of hydrogen-bond donors (Lipinski definition) is 2. The monoisotopic (exact) mass is 332 g/mol. The van der Waals surface area contributed by atoms with Gasteiger partial charge in [-0.15, -0.1) is 5.10 Å². The summed E-state index contributed by atoms with van der Waals surface area (Å²) in [5, 5.41) is 9.05. The van der Waals surface area contributed by atoms with Gasteiger partial charge in [-0.2, -0.15) is 0 Å². The van der Waals surface area contributed by atoms with Crippen LogP contribution >= 0.6 is 15.9 Å². The number of nitrogens with zero attached hydrogens (tertiary/aromatic N) is 4. The standard InChI is InChI=1S/C13H13BrN6/c1-20-12(13(14)18-19-20)11(17-15)9-4-5-10-8(7-9)3-2-6-16-10/h2-7,11,17H,15H2,1H3. The number of benzene rings is 1. The molecule has 6 nitrogen and oxygen atoms in total. The minimum atomic E-state index is -0.200. The zero-order valence-electron chi connectivity index (χ0n) is 10.8. The van der Waals surface area contributed by atoms with E-state index < -0.39 is 0 Å². The molecular weight excluding hydrogens is 320 g/mol. The van der Waals surface area contributed by atoms with E-state index in [1.165, 1.54) is 0 Å². The molecule has 0 spiro atoms. The smallest absolute Gasteiger partial charge is 0.153 e. The molecule has 0 saturated heterocycles. The van der Waals surface area contributed by atoms with Crippen molar-refractivity contribution in [2.75, 3.05) is 0 Å². The number of aromatic nitrogens is 4. The molecule has 102 valence electrons. The molecule has 0 amide bonds. The number of aryl methyl sites for hydroxylation is 1. The van der Waals surface area contributed by atoms with Crippen molar-refractivity contribution in [1.29, 1.82) is 0 Å². The first-order valence-electron chi connectivity index (χ1n) is 6.06. The van der Waals surface area contributed by atoms with Crippen molar-refractivity contribution in [1.82, 2.24) is 25.4 Å². The number of nitrogens with one attached hydrogen (secondary N) is 1. The maximum Gasteiger partial charge on any atom is 0.153 e. The van der Waals surface area contributed by atoms with Gasteiger partial charge in [-0.3, -0.25) is 10.8 Å². The van der Waals surface area contributed by atoms with E-state index in [-0.39, 0.29) is 6.04 Å². The van der Waals surface area contributed by atoms with Gasteiger partial charge in [0.1, 0.15) is 0 Å². The van der Waals surface area contributed by atoms with Crippen molar-refractivity contribution < 1.29 is 0 Å². The summed E-state index contributed by atoms with van der Waals surface area (Å²) in [4.78, 5) is 4.31. The van der Waals surface area contributed by atoms with Crippen LogP contribution in [-0.2, 0) is 7.05 Å². The Labute approximate surface area is 124 Å². The van der Waals surface area contributed by atoms with Crippen molar-refractivity contribution >= 4 is 26.8 Å². The number of hydrogen-bond acceptors (Lipinski definition) is 5. The van der Waals surface area contributed by atoms with Crippen molar-refractivity contribution in [3.05, 3.63) is 52.4 Å². The molecule has 0 aliphatic rings. The second-order valence-corrected chi connectivity index (χ2v) is 5.20. The van der Waals surface area contributed by atoms with E-state index in [2.05, 4.69) is 42.7 Å². The number of pyridine rings is 1. The molecule has 0 aliphatic heterocycles. The van der Waals surface area contributed by atoms with Crippen LogP contribution in [0.1, 0.15) is 17.3 Å². The molecule has 3 aromatic rings. The van der Waals surface area contributed by atoms with Crippen LogP contribution in [0.5, 0.6) is 0 Å².